The average molecular weight is 553 g/mol. The summed E-state index contributed by atoms with van der Waals surface area (Å²) in [5.41, 5.74) is 1.94. The number of nitrogens with zero attached hydrogens (tertiary/aromatic N) is 1. The summed E-state index contributed by atoms with van der Waals surface area (Å²) < 4.78 is 0. The number of aromatic carboxylic acids is 1. The van der Waals surface area contributed by atoms with E-state index >= 15 is 0 Å². The van der Waals surface area contributed by atoms with E-state index in [0.717, 1.165) is 11.3 Å². The number of carbonyl (C=O) groups is 3. The van der Waals surface area contributed by atoms with E-state index in [1.165, 1.54) is 23.0 Å². The molecule has 2 amide bonds. The van der Waals surface area contributed by atoms with Gasteiger partial charge in [0.15, 0.2) is 0 Å². The number of hydrogen-bond donors (Lipinski definition) is 2. The number of rotatable bonds is 7. The molecule has 200 valence electrons. The highest BCUT2D eigenvalue weighted by molar-refractivity contribution is 7.13. The molecule has 0 aliphatic carbocycles. The van der Waals surface area contributed by atoms with Gasteiger partial charge in [-0.3, -0.25) is 9.59 Å². The van der Waals surface area contributed by atoms with E-state index < -0.39 is 17.9 Å². The van der Waals surface area contributed by atoms with Crippen LogP contribution in [0.3, 0.4) is 0 Å². The van der Waals surface area contributed by atoms with Gasteiger partial charge in [-0.05, 0) is 76.6 Å². The van der Waals surface area contributed by atoms with Crippen LogP contribution < -0.4 is 5.32 Å². The molecule has 2 atom stereocenters. The maximum absolute atomic E-state index is 13.7. The molecule has 1 aliphatic rings. The van der Waals surface area contributed by atoms with Crippen LogP contribution in [0.1, 0.15) is 66.3 Å². The zero-order valence-electron chi connectivity index (χ0n) is 22.0. The third-order valence-electron chi connectivity index (χ3n) is 7.28. The Labute approximate surface area is 232 Å². The molecule has 38 heavy (non-hydrogen) atoms. The lowest BCUT2D eigenvalue weighted by Gasteiger charge is -2.45. The predicted octanol–water partition coefficient (Wildman–Crippen LogP) is 6.56. The normalized spacial score (nSPS) is 17.7. The van der Waals surface area contributed by atoms with Crippen LogP contribution in [0.4, 0.5) is 0 Å². The highest BCUT2D eigenvalue weighted by atomic mass is 35.5. The third kappa shape index (κ3) is 6.11. The molecule has 3 aromatic rings. The van der Waals surface area contributed by atoms with Crippen molar-refractivity contribution in [3.63, 3.8) is 0 Å². The van der Waals surface area contributed by atoms with E-state index in [-0.39, 0.29) is 34.3 Å². The third-order valence-corrected chi connectivity index (χ3v) is 8.45. The fourth-order valence-electron chi connectivity index (χ4n) is 5.26. The summed E-state index contributed by atoms with van der Waals surface area (Å²) >= 11 is 7.55. The smallest absolute Gasteiger partial charge is 0.335 e. The fourth-order valence-corrected chi connectivity index (χ4v) is 6.10. The van der Waals surface area contributed by atoms with E-state index in [0.29, 0.717) is 23.7 Å². The Morgan fingerprint density at radius 1 is 1.08 bits per heavy atom. The van der Waals surface area contributed by atoms with Gasteiger partial charge in [-0.15, -0.1) is 11.3 Å². The number of piperidine rings is 1. The molecule has 0 saturated carbocycles. The number of thiophene rings is 1. The van der Waals surface area contributed by atoms with Gasteiger partial charge in [-0.1, -0.05) is 57.5 Å². The van der Waals surface area contributed by atoms with Gasteiger partial charge in [-0.25, -0.2) is 4.79 Å². The van der Waals surface area contributed by atoms with Crippen molar-refractivity contribution >= 4 is 40.7 Å². The Balaban J connectivity index is 1.53. The summed E-state index contributed by atoms with van der Waals surface area (Å²) in [6.45, 7) is 9.29. The molecule has 2 aromatic carbocycles. The predicted molar refractivity (Wildman–Crippen MR) is 152 cm³/mol. The minimum Gasteiger partial charge on any atom is -0.478 e. The number of hydrogen-bond acceptors (Lipinski definition) is 4. The van der Waals surface area contributed by atoms with Crippen molar-refractivity contribution in [2.24, 2.45) is 11.3 Å². The molecule has 1 unspecified atom stereocenters. The molecule has 0 spiro atoms. The molecule has 0 radical (unpaired) electrons. The summed E-state index contributed by atoms with van der Waals surface area (Å²) in [6.07, 6.45) is 0.809. The maximum Gasteiger partial charge on any atom is 0.335 e. The van der Waals surface area contributed by atoms with Crippen molar-refractivity contribution < 1.29 is 19.5 Å². The van der Waals surface area contributed by atoms with Crippen LogP contribution >= 0.6 is 22.9 Å². The topological polar surface area (TPSA) is 86.7 Å². The molecule has 0 bridgehead atoms. The second kappa shape index (κ2) is 11.3. The quantitative estimate of drug-likeness (QED) is 0.347. The SMILES string of the molecule is CC(C)[C@@H](NC(=O)c1cc(C(=O)O)cc(-c2cccs2)c1)C(=O)N1CCC(c2ccc(Cl)cc2)C(C)(C)C1. The molecule has 4 rings (SSSR count). The van der Waals surface area contributed by atoms with Gasteiger partial charge in [0.05, 0.1) is 5.56 Å². The summed E-state index contributed by atoms with van der Waals surface area (Å²) in [7, 11) is 0. The molecule has 1 saturated heterocycles. The first-order chi connectivity index (χ1) is 18.0. The van der Waals surface area contributed by atoms with E-state index in [1.807, 2.05) is 48.4 Å². The molecule has 6 nitrogen and oxygen atoms in total. The largest absolute Gasteiger partial charge is 0.478 e. The first kappa shape index (κ1) is 27.9. The van der Waals surface area contributed by atoms with E-state index in [9.17, 15) is 19.5 Å². The number of carboxylic acid groups (broad SMARTS) is 1. The van der Waals surface area contributed by atoms with Gasteiger partial charge in [0.25, 0.3) is 5.91 Å². The standard InChI is InChI=1S/C30H33ClN2O4S/c1-18(2)26(28(35)33-12-11-24(30(3,4)17-33)19-7-9-23(31)10-8-19)32-27(34)21-14-20(25-6-5-13-38-25)15-22(16-21)29(36)37/h5-10,13-16,18,24,26H,11-12,17H2,1-4H3,(H,32,34)(H,36,37)/t24?,26-/m1/s1. The van der Waals surface area contributed by atoms with Gasteiger partial charge >= 0.3 is 5.97 Å². The lowest BCUT2D eigenvalue weighted by Crippen LogP contribution is -2.55. The van der Waals surface area contributed by atoms with Crippen LogP contribution in [-0.2, 0) is 4.79 Å². The highest BCUT2D eigenvalue weighted by Gasteiger charge is 2.40. The van der Waals surface area contributed by atoms with E-state index in [4.69, 9.17) is 11.6 Å². The van der Waals surface area contributed by atoms with Crippen LogP contribution in [0.5, 0.6) is 0 Å². The summed E-state index contributed by atoms with van der Waals surface area (Å²) in [5.74, 6) is -1.56. The van der Waals surface area contributed by atoms with E-state index in [2.05, 4.69) is 31.3 Å². The molecule has 2 heterocycles. The molecule has 8 heteroatoms. The average Bonchev–Trinajstić information content (AvgIpc) is 3.41. The number of halogens is 1. The van der Waals surface area contributed by atoms with Crippen LogP contribution in [-0.4, -0.2) is 46.9 Å². The first-order valence-corrected chi connectivity index (χ1v) is 14.0. The molecule has 1 fully saturated rings. The second-order valence-corrected chi connectivity index (χ2v) is 12.3. The molecule has 1 aromatic heterocycles. The second-order valence-electron chi connectivity index (χ2n) is 10.9. The zero-order valence-corrected chi connectivity index (χ0v) is 23.6. The monoisotopic (exact) mass is 552 g/mol. The first-order valence-electron chi connectivity index (χ1n) is 12.7. The van der Waals surface area contributed by atoms with Crippen molar-refractivity contribution in [2.75, 3.05) is 13.1 Å². The fraction of sp³-hybridized carbons (Fsp3) is 0.367. The zero-order chi connectivity index (χ0) is 27.6. The van der Waals surface area contributed by atoms with Crippen LogP contribution in [0.15, 0.2) is 60.0 Å². The summed E-state index contributed by atoms with van der Waals surface area (Å²) in [5, 5.41) is 15.1. The van der Waals surface area contributed by atoms with Crippen molar-refractivity contribution in [1.82, 2.24) is 10.2 Å². The maximum atomic E-state index is 13.7. The Hall–Kier alpha value is -3.16. The van der Waals surface area contributed by atoms with Crippen molar-refractivity contribution in [3.05, 3.63) is 81.7 Å². The number of benzene rings is 2. The molecular weight excluding hydrogens is 520 g/mol. The number of carbonyl (C=O) groups excluding carboxylic acids is 2. The van der Waals surface area contributed by atoms with Gasteiger partial charge < -0.3 is 15.3 Å². The van der Waals surface area contributed by atoms with Crippen molar-refractivity contribution in [3.8, 4) is 10.4 Å². The van der Waals surface area contributed by atoms with Gasteiger partial charge in [-0.2, -0.15) is 0 Å². The Kier molecular flexibility index (Phi) is 8.28. The van der Waals surface area contributed by atoms with Gasteiger partial charge in [0, 0.05) is 28.6 Å². The van der Waals surface area contributed by atoms with Crippen molar-refractivity contribution in [2.45, 2.75) is 46.1 Å². The van der Waals surface area contributed by atoms with Gasteiger partial charge in [0.2, 0.25) is 5.91 Å². The molecular formula is C30H33ClN2O4S. The number of likely N-dealkylation sites (tertiary alicyclic amines) is 1. The highest BCUT2D eigenvalue weighted by Crippen LogP contribution is 2.42. The minimum atomic E-state index is -1.11. The molecule has 2 N–H and O–H groups in total. The summed E-state index contributed by atoms with van der Waals surface area (Å²) in [6, 6.07) is 15.5. The Bertz CT molecular complexity index is 1320. The molecule has 1 aliphatic heterocycles. The van der Waals surface area contributed by atoms with Gasteiger partial charge in [0.1, 0.15) is 6.04 Å². The summed E-state index contributed by atoms with van der Waals surface area (Å²) in [4.78, 5) is 41.5. The number of nitrogens with one attached hydrogen (secondary N) is 1. The van der Waals surface area contributed by atoms with Crippen LogP contribution in [0.2, 0.25) is 5.02 Å². The van der Waals surface area contributed by atoms with Crippen molar-refractivity contribution in [1.29, 1.82) is 0 Å². The van der Waals surface area contributed by atoms with E-state index in [1.54, 1.807) is 12.1 Å². The Morgan fingerprint density at radius 2 is 1.76 bits per heavy atom. The lowest BCUT2D eigenvalue weighted by atomic mass is 9.70. The van der Waals surface area contributed by atoms with Crippen LogP contribution in [0.25, 0.3) is 10.4 Å². The number of amides is 2. The minimum absolute atomic E-state index is 0.0273. The lowest BCUT2D eigenvalue weighted by molar-refractivity contribution is -0.137. The van der Waals surface area contributed by atoms with Crippen LogP contribution in [0, 0.1) is 11.3 Å². The number of carboxylic acids is 1. The Morgan fingerprint density at radius 3 is 2.34 bits per heavy atom.